The van der Waals surface area contributed by atoms with Crippen LogP contribution in [-0.2, 0) is 0 Å². The van der Waals surface area contributed by atoms with Gasteiger partial charge in [0.1, 0.15) is 0 Å². The van der Waals surface area contributed by atoms with Crippen molar-refractivity contribution >= 4 is 11.8 Å². The van der Waals surface area contributed by atoms with Gasteiger partial charge >= 0.3 is 12.2 Å². The molecule has 2 amide bonds. The summed E-state index contributed by atoms with van der Waals surface area (Å²) >= 11 is 0. The van der Waals surface area contributed by atoms with Gasteiger partial charge in [0.05, 0.1) is 13.1 Å². The molecule has 1 aliphatic heterocycles. The van der Waals surface area contributed by atoms with Crippen LogP contribution in [0.2, 0.25) is 0 Å². The zero-order chi connectivity index (χ0) is 16.7. The van der Waals surface area contributed by atoms with Crippen LogP contribution < -0.4 is 5.32 Å². The first-order chi connectivity index (χ1) is 10.8. The first-order valence-electron chi connectivity index (χ1n) is 6.66. The maximum absolute atomic E-state index is 12.5. The van der Waals surface area contributed by atoms with Crippen LogP contribution in [0.25, 0.3) is 11.3 Å². The van der Waals surface area contributed by atoms with Crippen LogP contribution in [0.5, 0.6) is 0 Å². The van der Waals surface area contributed by atoms with Crippen molar-refractivity contribution < 1.29 is 27.6 Å². The van der Waals surface area contributed by atoms with Crippen LogP contribution in [0.1, 0.15) is 0 Å². The number of likely N-dealkylation sites (tertiary alicyclic amines) is 1. The van der Waals surface area contributed by atoms with E-state index in [0.717, 1.165) is 10.5 Å². The van der Waals surface area contributed by atoms with Crippen LogP contribution in [0.3, 0.4) is 0 Å². The minimum Gasteiger partial charge on any atom is -0.378 e. The van der Waals surface area contributed by atoms with E-state index in [0.29, 0.717) is 5.76 Å². The molecule has 6 nitrogen and oxygen atoms in total. The number of hydrogen-bond donors (Lipinski definition) is 2. The summed E-state index contributed by atoms with van der Waals surface area (Å²) in [5, 5.41) is 15.3. The van der Waals surface area contributed by atoms with Gasteiger partial charge in [-0.1, -0.05) is 35.5 Å². The molecule has 2 aromatic rings. The van der Waals surface area contributed by atoms with Crippen molar-refractivity contribution in [3.8, 4) is 11.3 Å². The summed E-state index contributed by atoms with van der Waals surface area (Å²) in [6, 6.07) is 9.67. The number of alkyl halides is 3. The number of carbonyl (C=O) groups excluding carboxylic acids is 1. The molecule has 0 bridgehead atoms. The van der Waals surface area contributed by atoms with Gasteiger partial charge in [0, 0.05) is 11.6 Å². The number of aliphatic hydroxyl groups is 1. The van der Waals surface area contributed by atoms with Crippen molar-refractivity contribution in [1.29, 1.82) is 0 Å². The molecule has 1 aromatic heterocycles. The number of anilines is 1. The average Bonchev–Trinajstić information content (AvgIpc) is 2.92. The quantitative estimate of drug-likeness (QED) is 0.888. The Balaban J connectivity index is 1.61. The Bertz CT molecular complexity index is 709. The van der Waals surface area contributed by atoms with E-state index in [1.165, 1.54) is 6.07 Å². The largest absolute Gasteiger partial charge is 0.420 e. The summed E-state index contributed by atoms with van der Waals surface area (Å²) in [6.45, 7) is -1.63. The van der Waals surface area contributed by atoms with Gasteiger partial charge in [0.15, 0.2) is 17.2 Å². The molecule has 1 aliphatic rings. The number of β-amino-alcohol motifs (C(OH)–C–C–N with tert-alkyl or cyclic N) is 1. The molecular formula is C14H12F3N3O3. The minimum atomic E-state index is -4.77. The number of halogens is 3. The second kappa shape index (κ2) is 5.27. The summed E-state index contributed by atoms with van der Waals surface area (Å²) in [6.07, 6.45) is -4.77. The maximum Gasteiger partial charge on any atom is 0.420 e. The van der Waals surface area contributed by atoms with Gasteiger partial charge < -0.3 is 14.5 Å². The fourth-order valence-corrected chi connectivity index (χ4v) is 2.17. The van der Waals surface area contributed by atoms with Crippen molar-refractivity contribution in [1.82, 2.24) is 10.1 Å². The Morgan fingerprint density at radius 2 is 1.96 bits per heavy atom. The van der Waals surface area contributed by atoms with Gasteiger partial charge in [-0.25, -0.2) is 4.79 Å². The molecule has 1 aromatic carbocycles. The smallest absolute Gasteiger partial charge is 0.378 e. The summed E-state index contributed by atoms with van der Waals surface area (Å²) < 4.78 is 42.6. The van der Waals surface area contributed by atoms with Crippen LogP contribution >= 0.6 is 0 Å². The number of rotatable bonds is 2. The van der Waals surface area contributed by atoms with E-state index < -0.39 is 30.9 Å². The van der Waals surface area contributed by atoms with Crippen LogP contribution in [0.15, 0.2) is 40.9 Å². The monoisotopic (exact) mass is 327 g/mol. The highest BCUT2D eigenvalue weighted by atomic mass is 19.4. The fourth-order valence-electron chi connectivity index (χ4n) is 2.17. The van der Waals surface area contributed by atoms with E-state index in [2.05, 4.69) is 10.5 Å². The first kappa shape index (κ1) is 15.3. The highest BCUT2D eigenvalue weighted by molar-refractivity contribution is 5.89. The Morgan fingerprint density at radius 3 is 2.57 bits per heavy atom. The van der Waals surface area contributed by atoms with E-state index in [1.54, 1.807) is 24.3 Å². The van der Waals surface area contributed by atoms with Crippen LogP contribution in [0.4, 0.5) is 23.8 Å². The van der Waals surface area contributed by atoms with Crippen LogP contribution in [-0.4, -0.2) is 46.1 Å². The Morgan fingerprint density at radius 1 is 1.30 bits per heavy atom. The van der Waals surface area contributed by atoms with E-state index in [1.807, 2.05) is 6.07 Å². The maximum atomic E-state index is 12.5. The lowest BCUT2D eigenvalue weighted by Gasteiger charge is -2.46. The van der Waals surface area contributed by atoms with E-state index in [-0.39, 0.29) is 5.82 Å². The highest BCUT2D eigenvalue weighted by Gasteiger charge is 2.62. The van der Waals surface area contributed by atoms with E-state index >= 15 is 0 Å². The molecule has 3 rings (SSSR count). The van der Waals surface area contributed by atoms with Crippen molar-refractivity contribution in [2.75, 3.05) is 18.4 Å². The van der Waals surface area contributed by atoms with Gasteiger partial charge in [0.2, 0.25) is 0 Å². The number of urea groups is 1. The molecule has 1 fully saturated rings. The Kier molecular flexibility index (Phi) is 3.52. The average molecular weight is 327 g/mol. The van der Waals surface area contributed by atoms with Gasteiger partial charge in [0.25, 0.3) is 0 Å². The Labute approximate surface area is 128 Å². The first-order valence-corrected chi connectivity index (χ1v) is 6.66. The predicted octanol–water partition coefficient (Wildman–Crippen LogP) is 2.48. The number of hydrogen-bond acceptors (Lipinski definition) is 4. The summed E-state index contributed by atoms with van der Waals surface area (Å²) in [7, 11) is 0. The molecule has 0 unspecified atom stereocenters. The van der Waals surface area contributed by atoms with Crippen molar-refractivity contribution in [3.63, 3.8) is 0 Å². The summed E-state index contributed by atoms with van der Waals surface area (Å²) in [5.74, 6) is 0.493. The van der Waals surface area contributed by atoms with E-state index in [4.69, 9.17) is 4.52 Å². The molecule has 0 atom stereocenters. The van der Waals surface area contributed by atoms with Gasteiger partial charge in [-0.05, 0) is 0 Å². The number of amides is 2. The fraction of sp³-hybridized carbons (Fsp3) is 0.286. The number of nitrogens with zero attached hydrogens (tertiary/aromatic N) is 2. The highest BCUT2D eigenvalue weighted by Crippen LogP contribution is 2.37. The molecule has 23 heavy (non-hydrogen) atoms. The number of carbonyl (C=O) groups is 1. The molecule has 0 aliphatic carbocycles. The van der Waals surface area contributed by atoms with Crippen LogP contribution in [0, 0.1) is 0 Å². The molecule has 1 saturated heterocycles. The normalized spacial score (nSPS) is 16.8. The number of nitrogens with one attached hydrogen (secondary N) is 1. The van der Waals surface area contributed by atoms with Gasteiger partial charge in [-0.3, -0.25) is 5.32 Å². The molecule has 0 saturated carbocycles. The molecule has 9 heteroatoms. The lowest BCUT2D eigenvalue weighted by molar-refractivity contribution is -0.293. The molecule has 0 radical (unpaired) electrons. The SMILES string of the molecule is O=C(Nc1cc(-c2ccccc2)on1)N1CC(O)(C(F)(F)F)C1. The standard InChI is InChI=1S/C14H12F3N3O3/c15-14(16,17)13(22)7-20(8-13)12(21)18-11-6-10(23-19-11)9-4-2-1-3-5-9/h1-6,22H,7-8H2,(H,18,19,21). The minimum absolute atomic E-state index is 0.0799. The molecule has 0 spiro atoms. The van der Waals surface area contributed by atoms with Gasteiger partial charge in [-0.2, -0.15) is 13.2 Å². The van der Waals surface area contributed by atoms with E-state index in [9.17, 15) is 23.1 Å². The lowest BCUT2D eigenvalue weighted by atomic mass is 9.94. The number of benzene rings is 1. The zero-order valence-electron chi connectivity index (χ0n) is 11.7. The number of aromatic nitrogens is 1. The second-order valence-corrected chi connectivity index (χ2v) is 5.26. The lowest BCUT2D eigenvalue weighted by Crippen LogP contribution is -2.70. The predicted molar refractivity (Wildman–Crippen MR) is 73.5 cm³/mol. The third-order valence-corrected chi connectivity index (χ3v) is 3.52. The summed E-state index contributed by atoms with van der Waals surface area (Å²) in [5.41, 5.74) is -2.10. The van der Waals surface area contributed by atoms with Crippen molar-refractivity contribution in [3.05, 3.63) is 36.4 Å². The van der Waals surface area contributed by atoms with Gasteiger partial charge in [-0.15, -0.1) is 0 Å². The van der Waals surface area contributed by atoms with Crippen molar-refractivity contribution in [2.45, 2.75) is 11.8 Å². The zero-order valence-corrected chi connectivity index (χ0v) is 11.7. The topological polar surface area (TPSA) is 78.6 Å². The molecule has 2 heterocycles. The third kappa shape index (κ3) is 2.87. The van der Waals surface area contributed by atoms with Crippen molar-refractivity contribution in [2.24, 2.45) is 0 Å². The third-order valence-electron chi connectivity index (χ3n) is 3.52. The Hall–Kier alpha value is -2.55. The molecular weight excluding hydrogens is 315 g/mol. The summed E-state index contributed by atoms with van der Waals surface area (Å²) in [4.78, 5) is 12.6. The second-order valence-electron chi connectivity index (χ2n) is 5.26. The molecule has 2 N–H and O–H groups in total. The molecule has 122 valence electrons.